The molecule has 0 spiro atoms. The average Bonchev–Trinajstić information content (AvgIpc) is 1.65. The van der Waals surface area contributed by atoms with Crippen LogP contribution in [0.3, 0.4) is 0 Å². The Balaban J connectivity index is 2.99. The van der Waals surface area contributed by atoms with Crippen LogP contribution in [0.25, 0.3) is 0 Å². The SMILES string of the molecule is O=C(CI)[NH2+][O-]. The van der Waals surface area contributed by atoms with E-state index in [9.17, 15) is 10.0 Å². The normalized spacial score (nSPS) is 8.33. The third-order valence-corrected chi connectivity index (χ3v) is 1.01. The van der Waals surface area contributed by atoms with Gasteiger partial charge in [0.1, 0.15) is 4.43 Å². The van der Waals surface area contributed by atoms with Gasteiger partial charge in [-0.05, 0) is 0 Å². The largest absolute Gasteiger partial charge is 0.628 e. The van der Waals surface area contributed by atoms with Crippen molar-refractivity contribution in [3.05, 3.63) is 5.21 Å². The van der Waals surface area contributed by atoms with Crippen LogP contribution >= 0.6 is 22.6 Å². The predicted molar refractivity (Wildman–Crippen MR) is 29.2 cm³/mol. The standard InChI is InChI=1S/C2H4INO2/c3-1-2(5)4-6/h1,4H2. The molecule has 0 saturated carbocycles. The van der Waals surface area contributed by atoms with Crippen molar-refractivity contribution in [1.82, 2.24) is 0 Å². The summed E-state index contributed by atoms with van der Waals surface area (Å²) < 4.78 is 0.293. The lowest BCUT2D eigenvalue weighted by molar-refractivity contribution is -0.497. The Bertz CT molecular complexity index is 49.5. The summed E-state index contributed by atoms with van der Waals surface area (Å²) in [5, 5.41) is 9.38. The van der Waals surface area contributed by atoms with Crippen LogP contribution in [-0.2, 0) is 4.79 Å². The highest BCUT2D eigenvalue weighted by Gasteiger charge is 1.90. The molecule has 0 aromatic rings. The fourth-order valence-electron chi connectivity index (χ4n) is 0.0315. The molecule has 0 radical (unpaired) electrons. The van der Waals surface area contributed by atoms with Crippen LogP contribution in [0.4, 0.5) is 0 Å². The van der Waals surface area contributed by atoms with Crippen molar-refractivity contribution in [1.29, 1.82) is 0 Å². The van der Waals surface area contributed by atoms with Crippen LogP contribution in [0, 0.1) is 5.21 Å². The zero-order valence-electron chi connectivity index (χ0n) is 2.98. The molecule has 0 aliphatic carbocycles. The Morgan fingerprint density at radius 3 is 2.50 bits per heavy atom. The molecule has 0 rings (SSSR count). The van der Waals surface area contributed by atoms with Crippen molar-refractivity contribution >= 4 is 28.5 Å². The highest BCUT2D eigenvalue weighted by atomic mass is 127. The molecule has 3 nitrogen and oxygen atoms in total. The molecule has 0 aliphatic rings. The first-order valence-electron chi connectivity index (χ1n) is 1.35. The molecule has 0 atom stereocenters. The summed E-state index contributed by atoms with van der Waals surface area (Å²) in [6, 6.07) is 0. The van der Waals surface area contributed by atoms with E-state index in [4.69, 9.17) is 0 Å². The van der Waals surface area contributed by atoms with Gasteiger partial charge in [0.05, 0.1) is 0 Å². The van der Waals surface area contributed by atoms with Crippen LogP contribution in [0.15, 0.2) is 0 Å². The number of carbonyl (C=O) groups excluding carboxylic acids is 1. The van der Waals surface area contributed by atoms with Crippen molar-refractivity contribution in [2.45, 2.75) is 0 Å². The Morgan fingerprint density at radius 1 is 2.00 bits per heavy atom. The van der Waals surface area contributed by atoms with Gasteiger partial charge in [0.2, 0.25) is 0 Å². The maximum Gasteiger partial charge on any atom is 0.320 e. The van der Waals surface area contributed by atoms with Gasteiger partial charge < -0.3 is 10.7 Å². The number of alkyl halides is 1. The minimum Gasteiger partial charge on any atom is -0.628 e. The number of halogens is 1. The van der Waals surface area contributed by atoms with Crippen LogP contribution in [0.1, 0.15) is 0 Å². The van der Waals surface area contributed by atoms with Crippen molar-refractivity contribution in [2.75, 3.05) is 4.43 Å². The van der Waals surface area contributed by atoms with E-state index in [1.165, 1.54) is 0 Å². The first kappa shape index (κ1) is 6.32. The lowest BCUT2D eigenvalue weighted by atomic mass is 10.8. The Hall–Kier alpha value is 0.320. The minimum atomic E-state index is -0.351. The summed E-state index contributed by atoms with van der Waals surface area (Å²) in [6.45, 7) is 0. The van der Waals surface area contributed by atoms with Crippen LogP contribution in [-0.4, -0.2) is 10.3 Å². The Kier molecular flexibility index (Phi) is 3.70. The molecule has 2 N–H and O–H groups in total. The minimum absolute atomic E-state index is 0.293. The number of hydroxylamine groups is 1. The lowest BCUT2D eigenvalue weighted by Gasteiger charge is -1.90. The van der Waals surface area contributed by atoms with E-state index in [2.05, 4.69) is 0 Å². The summed E-state index contributed by atoms with van der Waals surface area (Å²) in [4.78, 5) is 9.80. The number of rotatable bonds is 1. The maximum atomic E-state index is 9.80. The van der Waals surface area contributed by atoms with Crippen LogP contribution < -0.4 is 5.48 Å². The number of quaternary nitrogens is 1. The summed E-state index contributed by atoms with van der Waals surface area (Å²) in [5.41, 5.74) is 0.326. The topological polar surface area (TPSA) is 56.7 Å². The predicted octanol–water partition coefficient (Wildman–Crippen LogP) is -0.991. The van der Waals surface area contributed by atoms with Gasteiger partial charge in [-0.25, -0.2) is 4.79 Å². The number of primary amides is 1. The fourth-order valence-corrected chi connectivity index (χ4v) is 0.211. The van der Waals surface area contributed by atoms with Crippen molar-refractivity contribution < 1.29 is 10.3 Å². The molecule has 0 aromatic heterocycles. The second-order valence-corrected chi connectivity index (χ2v) is 1.48. The fraction of sp³-hybridized carbons (Fsp3) is 0.500. The van der Waals surface area contributed by atoms with Crippen LogP contribution in [0.5, 0.6) is 0 Å². The van der Waals surface area contributed by atoms with Gasteiger partial charge in [0.15, 0.2) is 0 Å². The molecule has 0 aliphatic heterocycles. The average molecular weight is 201 g/mol. The number of carbonyl (C=O) groups is 1. The third kappa shape index (κ3) is 2.55. The molecular formula is C2H4INO2. The zero-order chi connectivity index (χ0) is 4.99. The summed E-state index contributed by atoms with van der Waals surface area (Å²) in [6.07, 6.45) is 0. The molecule has 0 fully saturated rings. The van der Waals surface area contributed by atoms with Gasteiger partial charge in [-0.15, -0.1) is 0 Å². The summed E-state index contributed by atoms with van der Waals surface area (Å²) >= 11 is 1.83. The van der Waals surface area contributed by atoms with Gasteiger partial charge in [-0.2, -0.15) is 0 Å². The smallest absolute Gasteiger partial charge is 0.320 e. The van der Waals surface area contributed by atoms with Gasteiger partial charge in [0.25, 0.3) is 0 Å². The lowest BCUT2D eigenvalue weighted by Crippen LogP contribution is -2.82. The number of hydrogen-bond donors (Lipinski definition) is 1. The van der Waals surface area contributed by atoms with E-state index in [-0.39, 0.29) is 5.91 Å². The first-order valence-corrected chi connectivity index (χ1v) is 2.87. The molecule has 0 bridgehead atoms. The second kappa shape index (κ2) is 3.51. The quantitative estimate of drug-likeness (QED) is 0.336. The zero-order valence-corrected chi connectivity index (χ0v) is 5.14. The molecule has 36 valence electrons. The first-order chi connectivity index (χ1) is 2.81. The number of nitrogens with two attached hydrogens (primary N) is 1. The molecular weight excluding hydrogens is 197 g/mol. The highest BCUT2D eigenvalue weighted by molar-refractivity contribution is 14.1. The van der Waals surface area contributed by atoms with Crippen molar-refractivity contribution in [2.24, 2.45) is 0 Å². The monoisotopic (exact) mass is 201 g/mol. The maximum absolute atomic E-state index is 9.80. The molecule has 1 amide bonds. The van der Waals surface area contributed by atoms with E-state index >= 15 is 0 Å². The Labute approximate surface area is 48.8 Å². The molecule has 4 heteroatoms. The third-order valence-electron chi connectivity index (χ3n) is 0.263. The van der Waals surface area contributed by atoms with Gasteiger partial charge in [0, 0.05) is 0 Å². The second-order valence-electron chi connectivity index (χ2n) is 0.718. The highest BCUT2D eigenvalue weighted by Crippen LogP contribution is 1.72. The number of hydrogen-bond acceptors (Lipinski definition) is 2. The van der Waals surface area contributed by atoms with E-state index in [1.54, 1.807) is 0 Å². The van der Waals surface area contributed by atoms with Gasteiger partial charge in [-0.1, -0.05) is 22.6 Å². The van der Waals surface area contributed by atoms with E-state index in [0.717, 1.165) is 0 Å². The summed E-state index contributed by atoms with van der Waals surface area (Å²) in [5.74, 6) is -0.351. The summed E-state index contributed by atoms with van der Waals surface area (Å²) in [7, 11) is 0. The molecule has 0 heterocycles. The molecule has 0 aromatic carbocycles. The molecule has 6 heavy (non-hydrogen) atoms. The van der Waals surface area contributed by atoms with Crippen LogP contribution in [0.2, 0.25) is 0 Å². The van der Waals surface area contributed by atoms with E-state index in [0.29, 0.717) is 9.91 Å². The van der Waals surface area contributed by atoms with E-state index < -0.39 is 0 Å². The molecule has 0 saturated heterocycles. The van der Waals surface area contributed by atoms with E-state index in [1.807, 2.05) is 22.6 Å². The Morgan fingerprint density at radius 2 is 2.50 bits per heavy atom. The van der Waals surface area contributed by atoms with Gasteiger partial charge >= 0.3 is 5.91 Å². The van der Waals surface area contributed by atoms with Crippen molar-refractivity contribution in [3.8, 4) is 0 Å². The molecule has 0 unspecified atom stereocenters. The van der Waals surface area contributed by atoms with Gasteiger partial charge in [-0.3, -0.25) is 0 Å². The van der Waals surface area contributed by atoms with Crippen molar-refractivity contribution in [3.63, 3.8) is 0 Å². The number of amides is 1.